The lowest BCUT2D eigenvalue weighted by atomic mass is 9.67. The van der Waals surface area contributed by atoms with Gasteiger partial charge in [-0.2, -0.15) is 0 Å². The van der Waals surface area contributed by atoms with Crippen LogP contribution in [0.4, 0.5) is 0 Å². The Morgan fingerprint density at radius 3 is 2.20 bits per heavy atom. The van der Waals surface area contributed by atoms with Gasteiger partial charge in [-0.05, 0) is 104 Å². The van der Waals surface area contributed by atoms with Crippen molar-refractivity contribution in [3.8, 4) is 0 Å². The predicted molar refractivity (Wildman–Crippen MR) is 177 cm³/mol. The zero-order valence-corrected chi connectivity index (χ0v) is 28.0. The summed E-state index contributed by atoms with van der Waals surface area (Å²) in [6, 6.07) is 5.17. The average molecular weight is 604 g/mol. The summed E-state index contributed by atoms with van der Waals surface area (Å²) in [5.41, 5.74) is 2.20. The van der Waals surface area contributed by atoms with E-state index in [9.17, 15) is 9.90 Å². The van der Waals surface area contributed by atoms with Gasteiger partial charge in [0.1, 0.15) is 5.66 Å². The van der Waals surface area contributed by atoms with Crippen LogP contribution in [-0.2, 0) is 4.79 Å². The molecule has 0 heterocycles. The van der Waals surface area contributed by atoms with Crippen molar-refractivity contribution in [1.82, 2.24) is 4.90 Å². The van der Waals surface area contributed by atoms with Crippen LogP contribution in [0, 0.1) is 16.7 Å². The molecule has 41 heavy (non-hydrogen) atoms. The predicted octanol–water partition coefficient (Wildman–Crippen LogP) is 9.83. The SMILES string of the molecule is C=C/C(=C\C=C(/C)C(C)O)[C@@H](CCC(C)(C)C)N(C=O)C1(/N=C/c2cc(Cl)cc(Cl)c2)CCC(C(C)(C)CC)CC1. The number of aliphatic imine (C=N–C) groups is 1. The van der Waals surface area contributed by atoms with E-state index in [1.807, 2.05) is 48.4 Å². The van der Waals surface area contributed by atoms with Crippen molar-refractivity contribution in [2.75, 3.05) is 0 Å². The Hall–Kier alpha value is -1.88. The minimum atomic E-state index is -0.718. The molecule has 1 aromatic rings. The molecule has 1 aliphatic carbocycles. The number of carbonyl (C=O) groups excluding carboxylic acids is 1. The first-order chi connectivity index (χ1) is 19.1. The molecule has 4 nitrogen and oxygen atoms in total. The van der Waals surface area contributed by atoms with Crippen molar-refractivity contribution in [1.29, 1.82) is 0 Å². The number of hydrogen-bond donors (Lipinski definition) is 1. The van der Waals surface area contributed by atoms with Crippen LogP contribution in [0.5, 0.6) is 0 Å². The largest absolute Gasteiger partial charge is 0.389 e. The van der Waals surface area contributed by atoms with Crippen LogP contribution in [0.15, 0.2) is 59.1 Å². The fourth-order valence-corrected chi connectivity index (χ4v) is 6.17. The topological polar surface area (TPSA) is 52.9 Å². The number of nitrogens with zero attached hydrogens (tertiary/aromatic N) is 2. The first-order valence-corrected chi connectivity index (χ1v) is 15.8. The summed E-state index contributed by atoms with van der Waals surface area (Å²) < 4.78 is 0. The first kappa shape index (κ1) is 35.3. The molecule has 0 spiro atoms. The number of benzene rings is 1. The molecule has 1 N–H and O–H groups in total. The number of halogens is 2. The number of aliphatic hydroxyl groups is 1. The molecule has 6 heteroatoms. The van der Waals surface area contributed by atoms with E-state index in [0.717, 1.165) is 68.1 Å². The van der Waals surface area contributed by atoms with Crippen molar-refractivity contribution >= 4 is 35.8 Å². The lowest BCUT2D eigenvalue weighted by Gasteiger charge is -2.50. The first-order valence-electron chi connectivity index (χ1n) is 15.0. The zero-order valence-electron chi connectivity index (χ0n) is 26.5. The quantitative estimate of drug-likeness (QED) is 0.139. The Labute approximate surface area is 259 Å². The van der Waals surface area contributed by atoms with E-state index in [0.29, 0.717) is 16.0 Å². The lowest BCUT2D eigenvalue weighted by molar-refractivity contribution is -0.129. The summed E-state index contributed by atoms with van der Waals surface area (Å²) in [5.74, 6) is 0.559. The second-order valence-electron chi connectivity index (χ2n) is 13.6. The highest BCUT2D eigenvalue weighted by molar-refractivity contribution is 6.35. The van der Waals surface area contributed by atoms with Crippen LogP contribution < -0.4 is 0 Å². The van der Waals surface area contributed by atoms with Gasteiger partial charge in [-0.25, -0.2) is 0 Å². The van der Waals surface area contributed by atoms with Crippen molar-refractivity contribution in [3.63, 3.8) is 0 Å². The lowest BCUT2D eigenvalue weighted by Crippen LogP contribution is -2.55. The maximum atomic E-state index is 13.2. The zero-order chi connectivity index (χ0) is 31.0. The van der Waals surface area contributed by atoms with Crippen molar-refractivity contribution in [2.45, 2.75) is 118 Å². The Morgan fingerprint density at radius 2 is 1.73 bits per heavy atom. The van der Waals surface area contributed by atoms with E-state index in [1.54, 1.807) is 13.0 Å². The molecule has 0 aliphatic heterocycles. The summed E-state index contributed by atoms with van der Waals surface area (Å²) >= 11 is 12.6. The summed E-state index contributed by atoms with van der Waals surface area (Å²) in [6.07, 6.45) is 14.3. The summed E-state index contributed by atoms with van der Waals surface area (Å²) in [6.45, 7) is 21.4. The van der Waals surface area contributed by atoms with Crippen molar-refractivity contribution < 1.29 is 9.90 Å². The molecule has 0 bridgehead atoms. The van der Waals surface area contributed by atoms with Crippen LogP contribution in [0.2, 0.25) is 10.0 Å². The molecule has 0 aromatic heterocycles. The second kappa shape index (κ2) is 15.0. The minimum Gasteiger partial charge on any atom is -0.389 e. The van der Waals surface area contributed by atoms with Crippen LogP contribution >= 0.6 is 23.2 Å². The fourth-order valence-electron chi connectivity index (χ4n) is 5.63. The smallest absolute Gasteiger partial charge is 0.212 e. The van der Waals surface area contributed by atoms with Gasteiger partial charge in [0.2, 0.25) is 6.41 Å². The minimum absolute atomic E-state index is 0.0846. The van der Waals surface area contributed by atoms with Gasteiger partial charge in [-0.1, -0.05) is 96.0 Å². The molecule has 2 atom stereocenters. The molecular weight excluding hydrogens is 551 g/mol. The number of hydrogen-bond acceptors (Lipinski definition) is 3. The molecule has 0 radical (unpaired) electrons. The van der Waals surface area contributed by atoms with Crippen LogP contribution in [-0.4, -0.2) is 40.4 Å². The maximum absolute atomic E-state index is 13.2. The molecule has 228 valence electrons. The van der Waals surface area contributed by atoms with E-state index in [4.69, 9.17) is 28.2 Å². The van der Waals surface area contributed by atoms with E-state index in [2.05, 4.69) is 48.1 Å². The number of rotatable bonds is 13. The molecule has 1 fully saturated rings. The average Bonchev–Trinajstić information content (AvgIpc) is 2.89. The third-order valence-corrected chi connectivity index (χ3v) is 9.49. The van der Waals surface area contributed by atoms with Gasteiger partial charge in [0.25, 0.3) is 0 Å². The van der Waals surface area contributed by atoms with Gasteiger partial charge in [0.15, 0.2) is 0 Å². The van der Waals surface area contributed by atoms with Gasteiger partial charge in [-0.3, -0.25) is 9.79 Å². The van der Waals surface area contributed by atoms with Crippen molar-refractivity contribution in [2.24, 2.45) is 21.7 Å². The molecule has 1 aliphatic rings. The van der Waals surface area contributed by atoms with Crippen molar-refractivity contribution in [3.05, 3.63) is 69.8 Å². The van der Waals surface area contributed by atoms with Gasteiger partial charge in [0.05, 0.1) is 12.1 Å². The Balaban J connectivity index is 2.67. The van der Waals surface area contributed by atoms with Gasteiger partial charge in [0, 0.05) is 16.3 Å². The van der Waals surface area contributed by atoms with Crippen LogP contribution in [0.1, 0.15) is 106 Å². The molecule has 1 unspecified atom stereocenters. The molecular formula is C35H52Cl2N2O2. The summed E-state index contributed by atoms with van der Waals surface area (Å²) in [5, 5.41) is 11.2. The van der Waals surface area contributed by atoms with E-state index >= 15 is 0 Å². The Bertz CT molecular complexity index is 1100. The molecule has 2 rings (SSSR count). The number of allylic oxidation sites excluding steroid dienone is 2. The van der Waals surface area contributed by atoms with Gasteiger partial charge >= 0.3 is 0 Å². The highest BCUT2D eigenvalue weighted by atomic mass is 35.5. The normalized spacial score (nSPS) is 22.5. The summed E-state index contributed by atoms with van der Waals surface area (Å²) in [4.78, 5) is 20.4. The van der Waals surface area contributed by atoms with E-state index in [-0.39, 0.29) is 16.9 Å². The van der Waals surface area contributed by atoms with Crippen LogP contribution in [0.25, 0.3) is 0 Å². The van der Waals surface area contributed by atoms with Crippen LogP contribution in [0.3, 0.4) is 0 Å². The Morgan fingerprint density at radius 1 is 1.15 bits per heavy atom. The van der Waals surface area contributed by atoms with E-state index in [1.165, 1.54) is 0 Å². The van der Waals surface area contributed by atoms with E-state index < -0.39 is 11.8 Å². The third kappa shape index (κ3) is 10.1. The monoisotopic (exact) mass is 602 g/mol. The molecule has 1 saturated carbocycles. The second-order valence-corrected chi connectivity index (χ2v) is 14.5. The number of aliphatic hydroxyl groups excluding tert-OH is 1. The Kier molecular flexibility index (Phi) is 12.9. The maximum Gasteiger partial charge on any atom is 0.212 e. The molecule has 1 aromatic carbocycles. The molecule has 0 saturated heterocycles. The third-order valence-electron chi connectivity index (χ3n) is 9.06. The molecule has 1 amide bonds. The van der Waals surface area contributed by atoms with Gasteiger partial charge in [-0.15, -0.1) is 0 Å². The standard InChI is InChI=1S/C35H52Cl2N2O2/c1-10-28(13-12-25(3)26(4)41)32(16-17-33(5,6)7)39(24-40)35(18-14-29(15-19-35)34(8,9)11-2)38-23-27-20-30(36)22-31(37)21-27/h10,12-13,20-24,26,29,32,41H,1,11,14-19H2,2-9H3/b25-12+,28-13+,38-23+/t26?,29?,32-,35?/m1/s1. The number of amides is 1. The fraction of sp³-hybridized carbons (Fsp3) is 0.600. The van der Waals surface area contributed by atoms with Gasteiger partial charge < -0.3 is 10.0 Å². The highest BCUT2D eigenvalue weighted by Crippen LogP contribution is 2.47. The number of carbonyl (C=O) groups is 1. The highest BCUT2D eigenvalue weighted by Gasteiger charge is 2.45. The summed E-state index contributed by atoms with van der Waals surface area (Å²) in [7, 11) is 0.